The van der Waals surface area contributed by atoms with Gasteiger partial charge in [0.15, 0.2) is 18.7 Å². The van der Waals surface area contributed by atoms with Crippen molar-refractivity contribution in [3.63, 3.8) is 0 Å². The number of hydrogen-bond acceptors (Lipinski definition) is 3. The van der Waals surface area contributed by atoms with E-state index in [2.05, 4.69) is 4.99 Å². The quantitative estimate of drug-likeness (QED) is 0.817. The Morgan fingerprint density at radius 3 is 1.86 bits per heavy atom. The largest absolute Gasteiger partial charge is 0.311 e. The minimum atomic E-state index is -3.15. The van der Waals surface area contributed by atoms with Gasteiger partial charge >= 0.3 is 0 Å². The van der Waals surface area contributed by atoms with E-state index in [1.807, 2.05) is 36.4 Å². The summed E-state index contributed by atoms with van der Waals surface area (Å²) >= 11 is 0. The predicted molar refractivity (Wildman–Crippen MR) is 86.2 cm³/mol. The van der Waals surface area contributed by atoms with E-state index in [4.69, 9.17) is 0 Å². The van der Waals surface area contributed by atoms with Crippen LogP contribution in [0.1, 0.15) is 0 Å². The monoisotopic (exact) mass is 295 g/mol. The Hall–Kier alpha value is -2.25. The molecule has 1 aliphatic heterocycles. The number of carbonyl (C=O) groups excluding carboxylic acids is 1. The maximum absolute atomic E-state index is 13.8. The standard InChI is InChI=1S/C17H14NO2P/c19-16-12-7-13-18-17(16)21(20,14-8-3-1-4-9-14)15-10-5-2-6-11-15/h1-13,17H. The van der Waals surface area contributed by atoms with Gasteiger partial charge in [0.05, 0.1) is 0 Å². The van der Waals surface area contributed by atoms with Crippen LogP contribution in [0.4, 0.5) is 0 Å². The van der Waals surface area contributed by atoms with Crippen LogP contribution >= 0.6 is 7.14 Å². The number of hydrogen-bond donors (Lipinski definition) is 0. The molecule has 0 saturated carbocycles. The van der Waals surface area contributed by atoms with Gasteiger partial charge in [0, 0.05) is 16.8 Å². The molecule has 1 atom stereocenters. The number of nitrogens with zero attached hydrogens (tertiary/aromatic N) is 1. The third-order valence-electron chi connectivity index (χ3n) is 3.45. The molecule has 0 aliphatic carbocycles. The Bertz CT molecular complexity index is 707. The highest BCUT2D eigenvalue weighted by atomic mass is 31.2. The molecule has 21 heavy (non-hydrogen) atoms. The van der Waals surface area contributed by atoms with Crippen molar-refractivity contribution in [1.82, 2.24) is 0 Å². The van der Waals surface area contributed by atoms with E-state index in [0.717, 1.165) is 0 Å². The maximum Gasteiger partial charge on any atom is 0.188 e. The number of carbonyl (C=O) groups is 1. The second-order valence-corrected chi connectivity index (χ2v) is 7.60. The molecule has 1 unspecified atom stereocenters. The van der Waals surface area contributed by atoms with Crippen molar-refractivity contribution < 1.29 is 9.36 Å². The Labute approximate surface area is 123 Å². The van der Waals surface area contributed by atoms with Gasteiger partial charge in [-0.3, -0.25) is 9.79 Å². The van der Waals surface area contributed by atoms with Gasteiger partial charge in [-0.25, -0.2) is 0 Å². The van der Waals surface area contributed by atoms with Crippen LogP contribution in [0.15, 0.2) is 77.8 Å². The van der Waals surface area contributed by atoms with Crippen LogP contribution in [0.5, 0.6) is 0 Å². The summed E-state index contributed by atoms with van der Waals surface area (Å²) in [5, 5.41) is 1.31. The Morgan fingerprint density at radius 1 is 0.857 bits per heavy atom. The van der Waals surface area contributed by atoms with Gasteiger partial charge in [0.25, 0.3) is 0 Å². The number of allylic oxidation sites excluding steroid dienone is 1. The van der Waals surface area contributed by atoms with Crippen LogP contribution < -0.4 is 10.6 Å². The van der Waals surface area contributed by atoms with Crippen molar-refractivity contribution in [3.05, 3.63) is 72.8 Å². The first-order chi connectivity index (χ1) is 10.2. The van der Waals surface area contributed by atoms with E-state index in [1.54, 1.807) is 36.6 Å². The molecule has 0 saturated heterocycles. The van der Waals surface area contributed by atoms with Crippen LogP contribution in [0.2, 0.25) is 0 Å². The summed E-state index contributed by atoms with van der Waals surface area (Å²) in [6.07, 6.45) is 4.57. The van der Waals surface area contributed by atoms with E-state index in [-0.39, 0.29) is 5.78 Å². The van der Waals surface area contributed by atoms with E-state index in [9.17, 15) is 9.36 Å². The zero-order valence-corrected chi connectivity index (χ0v) is 12.2. The van der Waals surface area contributed by atoms with Gasteiger partial charge < -0.3 is 4.57 Å². The van der Waals surface area contributed by atoms with E-state index >= 15 is 0 Å². The lowest BCUT2D eigenvalue weighted by atomic mass is 10.3. The fourth-order valence-electron chi connectivity index (χ4n) is 2.43. The fourth-order valence-corrected chi connectivity index (χ4v) is 5.23. The zero-order chi connectivity index (χ0) is 14.7. The molecule has 1 heterocycles. The van der Waals surface area contributed by atoms with Crippen molar-refractivity contribution in [2.75, 3.05) is 0 Å². The summed E-state index contributed by atoms with van der Waals surface area (Å²) < 4.78 is 13.8. The second-order valence-electron chi connectivity index (χ2n) is 4.76. The summed E-state index contributed by atoms with van der Waals surface area (Å²) in [5.41, 5.74) is 0. The van der Waals surface area contributed by atoms with Crippen molar-refractivity contribution in [2.45, 2.75) is 5.78 Å². The van der Waals surface area contributed by atoms with Gasteiger partial charge in [-0.15, -0.1) is 0 Å². The average molecular weight is 295 g/mol. The highest BCUT2D eigenvalue weighted by Crippen LogP contribution is 2.50. The molecule has 3 rings (SSSR count). The van der Waals surface area contributed by atoms with Crippen molar-refractivity contribution in [2.24, 2.45) is 4.99 Å². The lowest BCUT2D eigenvalue weighted by molar-refractivity contribution is -0.114. The van der Waals surface area contributed by atoms with Crippen LogP contribution in [-0.4, -0.2) is 17.8 Å². The van der Waals surface area contributed by atoms with E-state index in [0.29, 0.717) is 10.6 Å². The number of benzene rings is 2. The number of ketones is 1. The maximum atomic E-state index is 13.8. The van der Waals surface area contributed by atoms with Crippen LogP contribution in [0.3, 0.4) is 0 Å². The molecular formula is C17H14NO2P. The normalized spacial score (nSPS) is 17.9. The van der Waals surface area contributed by atoms with Crippen molar-refractivity contribution in [1.29, 1.82) is 0 Å². The summed E-state index contributed by atoms with van der Waals surface area (Å²) in [7, 11) is -3.15. The smallest absolute Gasteiger partial charge is 0.188 e. The first-order valence-electron chi connectivity index (χ1n) is 6.67. The molecule has 2 aromatic rings. The Balaban J connectivity index is 2.21. The summed E-state index contributed by atoms with van der Waals surface area (Å²) in [5.74, 6) is -1.08. The fraction of sp³-hybridized carbons (Fsp3) is 0.0588. The van der Waals surface area contributed by atoms with E-state index in [1.165, 1.54) is 6.08 Å². The molecule has 0 aromatic heterocycles. The average Bonchev–Trinajstić information content (AvgIpc) is 2.56. The minimum absolute atomic E-state index is 0.214. The minimum Gasteiger partial charge on any atom is -0.311 e. The Morgan fingerprint density at radius 2 is 1.38 bits per heavy atom. The van der Waals surface area contributed by atoms with Gasteiger partial charge in [0.1, 0.15) is 0 Å². The predicted octanol–water partition coefficient (Wildman–Crippen LogP) is 2.54. The molecule has 0 fully saturated rings. The number of dihydropyridines is 1. The molecule has 0 radical (unpaired) electrons. The zero-order valence-electron chi connectivity index (χ0n) is 11.3. The lowest BCUT2D eigenvalue weighted by Crippen LogP contribution is -2.30. The van der Waals surface area contributed by atoms with Crippen LogP contribution in [-0.2, 0) is 9.36 Å². The molecule has 4 heteroatoms. The third-order valence-corrected chi connectivity index (χ3v) is 6.66. The van der Waals surface area contributed by atoms with E-state index < -0.39 is 12.9 Å². The molecule has 0 spiro atoms. The Kier molecular flexibility index (Phi) is 3.68. The molecule has 0 N–H and O–H groups in total. The molecule has 2 aromatic carbocycles. The molecule has 0 amide bonds. The lowest BCUT2D eigenvalue weighted by Gasteiger charge is -2.25. The molecule has 3 nitrogen and oxygen atoms in total. The first kappa shape index (κ1) is 13.7. The summed E-state index contributed by atoms with van der Waals surface area (Å²) in [6, 6.07) is 18.3. The molecule has 104 valence electrons. The molecule has 0 bridgehead atoms. The summed E-state index contributed by atoms with van der Waals surface area (Å²) in [6.45, 7) is 0. The van der Waals surface area contributed by atoms with Gasteiger partial charge in [-0.2, -0.15) is 0 Å². The molecule has 1 aliphatic rings. The number of aliphatic imine (C=N–C) groups is 1. The first-order valence-corrected chi connectivity index (χ1v) is 8.45. The highest BCUT2D eigenvalue weighted by molar-refractivity contribution is 7.80. The topological polar surface area (TPSA) is 46.5 Å². The summed E-state index contributed by atoms with van der Waals surface area (Å²) in [4.78, 5) is 16.4. The van der Waals surface area contributed by atoms with Gasteiger partial charge in [-0.05, 0) is 12.2 Å². The van der Waals surface area contributed by atoms with Crippen LogP contribution in [0, 0.1) is 0 Å². The van der Waals surface area contributed by atoms with Crippen LogP contribution in [0.25, 0.3) is 0 Å². The van der Waals surface area contributed by atoms with Crippen molar-refractivity contribution in [3.8, 4) is 0 Å². The highest BCUT2D eigenvalue weighted by Gasteiger charge is 2.40. The van der Waals surface area contributed by atoms with Gasteiger partial charge in [-0.1, -0.05) is 60.7 Å². The molecular weight excluding hydrogens is 281 g/mol. The van der Waals surface area contributed by atoms with Crippen molar-refractivity contribution >= 4 is 29.7 Å². The SMILES string of the molecule is O=C1C=CC=NC1P(=O)(c1ccccc1)c1ccccc1. The number of rotatable bonds is 3. The third kappa shape index (κ3) is 2.41. The van der Waals surface area contributed by atoms with Gasteiger partial charge in [0.2, 0.25) is 0 Å². The second kappa shape index (κ2) is 5.63.